The van der Waals surface area contributed by atoms with Crippen molar-refractivity contribution in [2.75, 3.05) is 6.54 Å². The number of aliphatic hydroxyl groups excluding tert-OH is 1. The molecule has 4 nitrogen and oxygen atoms in total. The highest BCUT2D eigenvalue weighted by Crippen LogP contribution is 2.37. The third-order valence-corrected chi connectivity index (χ3v) is 4.21. The Balaban J connectivity index is 1.72. The summed E-state index contributed by atoms with van der Waals surface area (Å²) in [5.74, 6) is -1.79. The fourth-order valence-electron chi connectivity index (χ4n) is 2.82. The molecule has 2 rings (SSSR count). The zero-order chi connectivity index (χ0) is 17.7. The first-order chi connectivity index (χ1) is 11.3. The van der Waals surface area contributed by atoms with E-state index in [1.165, 1.54) is 24.3 Å². The lowest BCUT2D eigenvalue weighted by Gasteiger charge is -2.30. The number of carbonyl (C=O) groups excluding carboxylic acids is 1. The molecular formula is C16H20F4N2O2. The van der Waals surface area contributed by atoms with Crippen LogP contribution in [0.25, 0.3) is 0 Å². The van der Waals surface area contributed by atoms with Gasteiger partial charge in [-0.15, -0.1) is 0 Å². The number of alkyl halides is 3. The number of hydrogen-bond acceptors (Lipinski definition) is 2. The van der Waals surface area contributed by atoms with Gasteiger partial charge in [0.25, 0.3) is 0 Å². The Morgan fingerprint density at radius 3 is 2.50 bits per heavy atom. The molecular weight excluding hydrogens is 328 g/mol. The number of aliphatic hydroxyl groups is 1. The Kier molecular flexibility index (Phi) is 6.04. The number of rotatable bonds is 4. The van der Waals surface area contributed by atoms with Crippen molar-refractivity contribution in [3.05, 3.63) is 35.6 Å². The fraction of sp³-hybridized carbons (Fsp3) is 0.562. The average Bonchev–Trinajstić information content (AvgIpc) is 2.52. The molecule has 8 heteroatoms. The van der Waals surface area contributed by atoms with Gasteiger partial charge >= 0.3 is 12.2 Å². The topological polar surface area (TPSA) is 61.4 Å². The van der Waals surface area contributed by atoms with Gasteiger partial charge in [0.2, 0.25) is 0 Å². The minimum atomic E-state index is -4.18. The van der Waals surface area contributed by atoms with Gasteiger partial charge in [-0.05, 0) is 43.4 Å². The Hall–Kier alpha value is -1.83. The van der Waals surface area contributed by atoms with Crippen molar-refractivity contribution in [3.8, 4) is 0 Å². The molecule has 0 bridgehead atoms. The summed E-state index contributed by atoms with van der Waals surface area (Å²) in [5.41, 5.74) is 0.334. The van der Waals surface area contributed by atoms with Crippen LogP contribution in [0.1, 0.15) is 37.4 Å². The predicted octanol–water partition coefficient (Wildman–Crippen LogP) is 3.28. The van der Waals surface area contributed by atoms with Gasteiger partial charge in [-0.3, -0.25) is 0 Å². The number of benzene rings is 1. The Morgan fingerprint density at radius 2 is 1.92 bits per heavy atom. The highest BCUT2D eigenvalue weighted by Gasteiger charge is 2.41. The van der Waals surface area contributed by atoms with Crippen molar-refractivity contribution in [3.63, 3.8) is 0 Å². The van der Waals surface area contributed by atoms with E-state index in [0.29, 0.717) is 5.56 Å². The Labute approximate surface area is 137 Å². The summed E-state index contributed by atoms with van der Waals surface area (Å²) < 4.78 is 50.8. The molecule has 24 heavy (non-hydrogen) atoms. The molecule has 1 saturated carbocycles. The van der Waals surface area contributed by atoms with E-state index >= 15 is 0 Å². The molecule has 0 spiro atoms. The lowest BCUT2D eigenvalue weighted by molar-refractivity contribution is -0.182. The van der Waals surface area contributed by atoms with Crippen LogP contribution in [0.5, 0.6) is 0 Å². The molecule has 0 aliphatic heterocycles. The molecule has 1 aromatic carbocycles. The van der Waals surface area contributed by atoms with E-state index in [1.54, 1.807) is 0 Å². The molecule has 1 aliphatic rings. The predicted molar refractivity (Wildman–Crippen MR) is 79.7 cm³/mol. The van der Waals surface area contributed by atoms with Crippen LogP contribution in [0.2, 0.25) is 0 Å². The lowest BCUT2D eigenvalue weighted by Crippen LogP contribution is -2.45. The van der Waals surface area contributed by atoms with E-state index < -0.39 is 30.0 Å². The summed E-state index contributed by atoms with van der Waals surface area (Å²) >= 11 is 0. The maximum atomic E-state index is 13.1. The Morgan fingerprint density at radius 1 is 1.25 bits per heavy atom. The van der Waals surface area contributed by atoms with Gasteiger partial charge in [0.1, 0.15) is 5.82 Å². The summed E-state index contributed by atoms with van der Waals surface area (Å²) in [4.78, 5) is 11.8. The molecule has 134 valence electrons. The maximum absolute atomic E-state index is 13.1. The van der Waals surface area contributed by atoms with E-state index in [1.807, 2.05) is 0 Å². The van der Waals surface area contributed by atoms with Gasteiger partial charge in [-0.2, -0.15) is 13.2 Å². The minimum absolute atomic E-state index is 0.000361. The third kappa shape index (κ3) is 5.36. The van der Waals surface area contributed by atoms with Crippen LogP contribution in [0, 0.1) is 11.7 Å². The number of halogens is 4. The van der Waals surface area contributed by atoms with E-state index in [4.69, 9.17) is 0 Å². The fourth-order valence-corrected chi connectivity index (χ4v) is 2.82. The normalized spacial score (nSPS) is 22.7. The van der Waals surface area contributed by atoms with Gasteiger partial charge in [-0.25, -0.2) is 9.18 Å². The first-order valence-corrected chi connectivity index (χ1v) is 7.80. The van der Waals surface area contributed by atoms with Crippen LogP contribution in [0.4, 0.5) is 22.4 Å². The number of carbonyl (C=O) groups is 1. The van der Waals surface area contributed by atoms with Crippen LogP contribution in [0.3, 0.4) is 0 Å². The summed E-state index contributed by atoms with van der Waals surface area (Å²) in [6.45, 7) is -0.118. The van der Waals surface area contributed by atoms with E-state index in [0.717, 1.165) is 0 Å². The summed E-state index contributed by atoms with van der Waals surface area (Å²) in [5, 5.41) is 14.9. The van der Waals surface area contributed by atoms with Gasteiger partial charge in [0.05, 0.1) is 12.0 Å². The number of hydrogen-bond donors (Lipinski definition) is 3. The number of amides is 2. The molecule has 0 radical (unpaired) electrons. The molecule has 1 aliphatic carbocycles. The van der Waals surface area contributed by atoms with Crippen molar-refractivity contribution in [1.82, 2.24) is 10.6 Å². The van der Waals surface area contributed by atoms with Crippen molar-refractivity contribution in [2.45, 2.75) is 44.0 Å². The molecule has 0 heterocycles. The zero-order valence-corrected chi connectivity index (χ0v) is 12.9. The average molecular weight is 348 g/mol. The van der Waals surface area contributed by atoms with Gasteiger partial charge in [0, 0.05) is 12.6 Å². The smallest absolute Gasteiger partial charge is 0.387 e. The van der Waals surface area contributed by atoms with Gasteiger partial charge in [0.15, 0.2) is 0 Å². The second kappa shape index (κ2) is 7.83. The summed E-state index contributed by atoms with van der Waals surface area (Å²) in [7, 11) is 0. The first-order valence-electron chi connectivity index (χ1n) is 7.80. The molecule has 1 atom stereocenters. The zero-order valence-electron chi connectivity index (χ0n) is 12.9. The van der Waals surface area contributed by atoms with Crippen LogP contribution in [-0.4, -0.2) is 29.9 Å². The van der Waals surface area contributed by atoms with Crippen molar-refractivity contribution >= 4 is 6.03 Å². The van der Waals surface area contributed by atoms with E-state index in [9.17, 15) is 27.5 Å². The molecule has 0 unspecified atom stereocenters. The second-order valence-corrected chi connectivity index (χ2v) is 6.02. The summed E-state index contributed by atoms with van der Waals surface area (Å²) in [6, 6.07) is 4.53. The van der Waals surface area contributed by atoms with E-state index in [-0.39, 0.29) is 38.3 Å². The monoisotopic (exact) mass is 348 g/mol. The third-order valence-electron chi connectivity index (χ3n) is 4.21. The largest absolute Gasteiger partial charge is 0.391 e. The van der Waals surface area contributed by atoms with Crippen molar-refractivity contribution in [1.29, 1.82) is 0 Å². The SMILES string of the molecule is O=C(NC[C@@H](O)c1cccc(F)c1)NC1CCC(C(F)(F)F)CC1. The highest BCUT2D eigenvalue weighted by atomic mass is 19.4. The standard InChI is InChI=1S/C16H20F4N2O2/c17-12-3-1-2-10(8-12)14(23)9-21-15(24)22-13-6-4-11(5-7-13)16(18,19)20/h1-3,8,11,13-14,23H,4-7,9H2,(H2,21,22,24)/t11?,13?,14-/m1/s1. The molecule has 1 aromatic rings. The van der Waals surface area contributed by atoms with Crippen molar-refractivity contribution < 1.29 is 27.5 Å². The van der Waals surface area contributed by atoms with Crippen LogP contribution in [-0.2, 0) is 0 Å². The molecule has 3 N–H and O–H groups in total. The molecule has 2 amide bonds. The minimum Gasteiger partial charge on any atom is -0.387 e. The van der Waals surface area contributed by atoms with E-state index in [2.05, 4.69) is 10.6 Å². The second-order valence-electron chi connectivity index (χ2n) is 6.02. The molecule has 0 saturated heterocycles. The molecule has 0 aromatic heterocycles. The quantitative estimate of drug-likeness (QED) is 0.732. The van der Waals surface area contributed by atoms with Crippen molar-refractivity contribution in [2.24, 2.45) is 5.92 Å². The van der Waals surface area contributed by atoms with Crippen LogP contribution >= 0.6 is 0 Å². The summed E-state index contributed by atoms with van der Waals surface area (Å²) in [6.07, 6.45) is -4.70. The lowest BCUT2D eigenvalue weighted by atomic mass is 9.86. The van der Waals surface area contributed by atoms with Crippen LogP contribution < -0.4 is 10.6 Å². The van der Waals surface area contributed by atoms with Gasteiger partial charge < -0.3 is 15.7 Å². The number of nitrogens with one attached hydrogen (secondary N) is 2. The first kappa shape index (κ1) is 18.5. The number of urea groups is 1. The van der Waals surface area contributed by atoms with Crippen LogP contribution in [0.15, 0.2) is 24.3 Å². The highest BCUT2D eigenvalue weighted by molar-refractivity contribution is 5.74. The maximum Gasteiger partial charge on any atom is 0.391 e. The molecule has 1 fully saturated rings. The van der Waals surface area contributed by atoms with Gasteiger partial charge in [-0.1, -0.05) is 12.1 Å². The Bertz CT molecular complexity index is 557.